The molecule has 0 saturated heterocycles. The van der Waals surface area contributed by atoms with Crippen molar-refractivity contribution >= 4 is 33.2 Å². The van der Waals surface area contributed by atoms with Gasteiger partial charge in [0, 0.05) is 28.3 Å². The van der Waals surface area contributed by atoms with Crippen molar-refractivity contribution in [2.24, 2.45) is 0 Å². The molecule has 0 amide bonds. The molecule has 0 saturated carbocycles. The Labute approximate surface area is 122 Å². The first-order valence-electron chi connectivity index (χ1n) is 5.49. The van der Waals surface area contributed by atoms with Gasteiger partial charge >= 0.3 is 5.97 Å². The molecule has 19 heavy (non-hydrogen) atoms. The molecule has 2 aromatic rings. The molecule has 0 fully saturated rings. The molecule has 6 nitrogen and oxygen atoms in total. The highest BCUT2D eigenvalue weighted by Crippen LogP contribution is 2.21. The molecule has 2 rings (SSSR count). The monoisotopic (exact) mass is 345 g/mol. The molecule has 2 heterocycles. The number of thiophene rings is 1. The summed E-state index contributed by atoms with van der Waals surface area (Å²) in [6, 6.07) is 1.98. The fourth-order valence-electron chi connectivity index (χ4n) is 1.66. The van der Waals surface area contributed by atoms with Crippen molar-refractivity contribution < 1.29 is 14.6 Å². The highest BCUT2D eigenvalue weighted by molar-refractivity contribution is 9.10. The molecular formula is C11H12BrN3O3S. The Morgan fingerprint density at radius 1 is 1.63 bits per heavy atom. The Hall–Kier alpha value is -1.25. The Morgan fingerprint density at radius 2 is 2.42 bits per heavy atom. The lowest BCUT2D eigenvalue weighted by Crippen LogP contribution is -2.11. The SMILES string of the molecule is COCCc1c(C(=O)O)nnn1Cc1cc(Br)cs1. The predicted octanol–water partition coefficient (Wildman–Crippen LogP) is 2.04. The second-order valence-corrected chi connectivity index (χ2v) is 5.73. The highest BCUT2D eigenvalue weighted by atomic mass is 79.9. The number of ether oxygens (including phenoxy) is 1. The summed E-state index contributed by atoms with van der Waals surface area (Å²) in [5.41, 5.74) is 0.576. The second kappa shape index (κ2) is 6.27. The molecule has 0 aliphatic rings. The van der Waals surface area contributed by atoms with E-state index < -0.39 is 5.97 Å². The first-order valence-corrected chi connectivity index (χ1v) is 7.16. The van der Waals surface area contributed by atoms with E-state index in [0.29, 0.717) is 25.3 Å². The molecule has 1 N–H and O–H groups in total. The van der Waals surface area contributed by atoms with Crippen LogP contribution in [-0.4, -0.2) is 39.8 Å². The van der Waals surface area contributed by atoms with Crippen LogP contribution in [0.4, 0.5) is 0 Å². The van der Waals surface area contributed by atoms with Gasteiger partial charge in [-0.2, -0.15) is 0 Å². The summed E-state index contributed by atoms with van der Waals surface area (Å²) in [4.78, 5) is 12.2. The molecule has 0 unspecified atom stereocenters. The van der Waals surface area contributed by atoms with Crippen LogP contribution in [0.3, 0.4) is 0 Å². The zero-order valence-electron chi connectivity index (χ0n) is 10.2. The highest BCUT2D eigenvalue weighted by Gasteiger charge is 2.19. The van der Waals surface area contributed by atoms with E-state index in [1.165, 1.54) is 0 Å². The van der Waals surface area contributed by atoms with Crippen molar-refractivity contribution in [3.63, 3.8) is 0 Å². The maximum Gasteiger partial charge on any atom is 0.358 e. The molecule has 8 heteroatoms. The van der Waals surface area contributed by atoms with Crippen molar-refractivity contribution in [2.45, 2.75) is 13.0 Å². The van der Waals surface area contributed by atoms with Crippen LogP contribution in [-0.2, 0) is 17.7 Å². The van der Waals surface area contributed by atoms with Crippen molar-refractivity contribution in [2.75, 3.05) is 13.7 Å². The van der Waals surface area contributed by atoms with Crippen molar-refractivity contribution in [1.29, 1.82) is 0 Å². The summed E-state index contributed by atoms with van der Waals surface area (Å²) in [6.07, 6.45) is 0.470. The van der Waals surface area contributed by atoms with Gasteiger partial charge in [-0.05, 0) is 22.0 Å². The number of aromatic nitrogens is 3. The average molecular weight is 346 g/mol. The number of hydrogen-bond acceptors (Lipinski definition) is 5. The lowest BCUT2D eigenvalue weighted by Gasteiger charge is -2.05. The van der Waals surface area contributed by atoms with E-state index in [0.717, 1.165) is 9.35 Å². The van der Waals surface area contributed by atoms with Crippen molar-refractivity contribution in [3.05, 3.63) is 32.2 Å². The minimum absolute atomic E-state index is 0.00679. The van der Waals surface area contributed by atoms with Gasteiger partial charge in [0.15, 0.2) is 5.69 Å². The number of rotatable bonds is 6. The molecule has 0 aliphatic carbocycles. The van der Waals surface area contributed by atoms with Gasteiger partial charge in [-0.3, -0.25) is 0 Å². The number of carbonyl (C=O) groups is 1. The Morgan fingerprint density at radius 3 is 3.00 bits per heavy atom. The molecule has 0 spiro atoms. The first-order chi connectivity index (χ1) is 9.11. The summed E-state index contributed by atoms with van der Waals surface area (Å²) < 4.78 is 7.61. The van der Waals surface area contributed by atoms with Crippen LogP contribution in [0.15, 0.2) is 15.9 Å². The number of aromatic carboxylic acids is 1. The Kier molecular flexibility index (Phi) is 4.67. The quantitative estimate of drug-likeness (QED) is 0.866. The summed E-state index contributed by atoms with van der Waals surface area (Å²) in [5.74, 6) is -1.07. The maximum atomic E-state index is 11.1. The van der Waals surface area contributed by atoms with Crippen LogP contribution < -0.4 is 0 Å². The fraction of sp³-hybridized carbons (Fsp3) is 0.364. The largest absolute Gasteiger partial charge is 0.476 e. The predicted molar refractivity (Wildman–Crippen MR) is 73.7 cm³/mol. The zero-order valence-corrected chi connectivity index (χ0v) is 12.6. The topological polar surface area (TPSA) is 77.2 Å². The Balaban J connectivity index is 2.26. The van der Waals surface area contributed by atoms with E-state index in [2.05, 4.69) is 26.2 Å². The van der Waals surface area contributed by atoms with Crippen molar-refractivity contribution in [3.8, 4) is 0 Å². The molecule has 0 atom stereocenters. The minimum atomic E-state index is -1.07. The van der Waals surface area contributed by atoms with E-state index in [1.54, 1.807) is 23.1 Å². The maximum absolute atomic E-state index is 11.1. The number of methoxy groups -OCH3 is 1. The fourth-order valence-corrected chi connectivity index (χ4v) is 3.09. The molecule has 0 bridgehead atoms. The third-order valence-corrected chi connectivity index (χ3v) is 4.19. The summed E-state index contributed by atoms with van der Waals surface area (Å²) in [7, 11) is 1.57. The minimum Gasteiger partial charge on any atom is -0.476 e. The van der Waals surface area contributed by atoms with Crippen LogP contribution in [0.5, 0.6) is 0 Å². The lowest BCUT2D eigenvalue weighted by molar-refractivity contribution is 0.0688. The van der Waals surface area contributed by atoms with Crippen LogP contribution in [0.2, 0.25) is 0 Å². The summed E-state index contributed by atoms with van der Waals surface area (Å²) in [5, 5.41) is 18.7. The summed E-state index contributed by atoms with van der Waals surface area (Å²) >= 11 is 4.97. The van der Waals surface area contributed by atoms with Gasteiger partial charge in [-0.25, -0.2) is 9.48 Å². The number of halogens is 1. The Bertz CT molecular complexity index is 582. The van der Waals surface area contributed by atoms with E-state index >= 15 is 0 Å². The van der Waals surface area contributed by atoms with Gasteiger partial charge in [-0.1, -0.05) is 5.21 Å². The third kappa shape index (κ3) is 3.40. The number of hydrogen-bond donors (Lipinski definition) is 1. The van der Waals surface area contributed by atoms with Crippen LogP contribution in [0.1, 0.15) is 21.1 Å². The van der Waals surface area contributed by atoms with E-state index in [1.807, 2.05) is 11.4 Å². The molecular weight excluding hydrogens is 334 g/mol. The van der Waals surface area contributed by atoms with E-state index in [-0.39, 0.29) is 5.69 Å². The smallest absolute Gasteiger partial charge is 0.358 e. The van der Waals surface area contributed by atoms with Gasteiger partial charge < -0.3 is 9.84 Å². The van der Waals surface area contributed by atoms with Crippen LogP contribution in [0.25, 0.3) is 0 Å². The molecule has 0 radical (unpaired) electrons. The van der Waals surface area contributed by atoms with Gasteiger partial charge in [-0.15, -0.1) is 16.4 Å². The van der Waals surface area contributed by atoms with Gasteiger partial charge in [0.2, 0.25) is 0 Å². The van der Waals surface area contributed by atoms with Gasteiger partial charge in [0.05, 0.1) is 18.8 Å². The van der Waals surface area contributed by atoms with Gasteiger partial charge in [0.1, 0.15) is 0 Å². The van der Waals surface area contributed by atoms with Crippen LogP contribution >= 0.6 is 27.3 Å². The molecule has 102 valence electrons. The number of nitrogens with zero attached hydrogens (tertiary/aromatic N) is 3. The van der Waals surface area contributed by atoms with Crippen molar-refractivity contribution in [1.82, 2.24) is 15.0 Å². The third-order valence-electron chi connectivity index (χ3n) is 2.51. The molecule has 0 aromatic carbocycles. The lowest BCUT2D eigenvalue weighted by atomic mass is 10.2. The molecule has 0 aliphatic heterocycles. The average Bonchev–Trinajstić information content (AvgIpc) is 2.94. The standard InChI is InChI=1S/C11H12BrN3O3S/c1-18-3-2-9-10(11(16)17)13-14-15(9)5-8-4-7(12)6-19-8/h4,6H,2-3,5H2,1H3,(H,16,17). The van der Waals surface area contributed by atoms with Crippen LogP contribution in [0, 0.1) is 0 Å². The molecule has 2 aromatic heterocycles. The first kappa shape index (κ1) is 14.2. The number of carboxylic acid groups (broad SMARTS) is 1. The van der Waals surface area contributed by atoms with E-state index in [9.17, 15) is 4.79 Å². The normalized spacial score (nSPS) is 10.8. The van der Waals surface area contributed by atoms with Gasteiger partial charge in [0.25, 0.3) is 0 Å². The zero-order chi connectivity index (χ0) is 13.8. The number of carboxylic acids is 1. The summed E-state index contributed by atoms with van der Waals surface area (Å²) in [6.45, 7) is 0.942. The second-order valence-electron chi connectivity index (χ2n) is 3.82. The van der Waals surface area contributed by atoms with E-state index in [4.69, 9.17) is 9.84 Å².